The number of hydrogen-bond acceptors (Lipinski definition) is 4. The molecular formula is C14H18N4. The van der Waals surface area contributed by atoms with Crippen LogP contribution in [0.2, 0.25) is 0 Å². The third kappa shape index (κ3) is 2.59. The fourth-order valence-electron chi connectivity index (χ4n) is 1.82. The summed E-state index contributed by atoms with van der Waals surface area (Å²) in [5.74, 6) is 1.49. The zero-order valence-electron chi connectivity index (χ0n) is 10.9. The minimum Gasteiger partial charge on any atom is -0.368 e. The summed E-state index contributed by atoms with van der Waals surface area (Å²) in [7, 11) is 0. The van der Waals surface area contributed by atoms with Crippen LogP contribution in [0.15, 0.2) is 30.5 Å². The fourth-order valence-corrected chi connectivity index (χ4v) is 1.82. The van der Waals surface area contributed by atoms with E-state index in [1.54, 1.807) is 6.20 Å². The Labute approximate surface area is 107 Å². The van der Waals surface area contributed by atoms with Crippen molar-refractivity contribution in [1.29, 1.82) is 0 Å². The highest BCUT2D eigenvalue weighted by Gasteiger charge is 2.08. The van der Waals surface area contributed by atoms with Crippen molar-refractivity contribution in [2.45, 2.75) is 26.7 Å². The van der Waals surface area contributed by atoms with Crippen LogP contribution in [0.3, 0.4) is 0 Å². The molecule has 94 valence electrons. The van der Waals surface area contributed by atoms with E-state index in [1.165, 1.54) is 5.56 Å². The molecule has 0 unspecified atom stereocenters. The lowest BCUT2D eigenvalue weighted by atomic mass is 10.0. The zero-order valence-corrected chi connectivity index (χ0v) is 10.9. The molecule has 0 aliphatic carbocycles. The summed E-state index contributed by atoms with van der Waals surface area (Å²) in [6.45, 7) is 6.29. The van der Waals surface area contributed by atoms with Crippen molar-refractivity contribution in [2.75, 3.05) is 11.1 Å². The van der Waals surface area contributed by atoms with Crippen molar-refractivity contribution >= 4 is 17.5 Å². The second-order valence-electron chi connectivity index (χ2n) is 4.63. The molecule has 0 amide bonds. The molecule has 4 heteroatoms. The number of nitrogens with two attached hydrogens (primary N) is 1. The van der Waals surface area contributed by atoms with Gasteiger partial charge in [0, 0.05) is 17.4 Å². The summed E-state index contributed by atoms with van der Waals surface area (Å²) in [5.41, 5.74) is 8.91. The summed E-state index contributed by atoms with van der Waals surface area (Å²) in [4.78, 5) is 8.19. The Morgan fingerprint density at radius 1 is 1.22 bits per heavy atom. The number of para-hydroxylation sites is 1. The molecule has 0 radical (unpaired) electrons. The molecule has 0 bridgehead atoms. The van der Waals surface area contributed by atoms with Gasteiger partial charge in [0.25, 0.3) is 0 Å². The van der Waals surface area contributed by atoms with Gasteiger partial charge in [-0.05, 0) is 24.5 Å². The van der Waals surface area contributed by atoms with Crippen molar-refractivity contribution in [3.63, 3.8) is 0 Å². The van der Waals surface area contributed by atoms with E-state index in [-0.39, 0.29) is 5.95 Å². The highest BCUT2D eigenvalue weighted by molar-refractivity contribution is 5.63. The molecule has 0 aliphatic rings. The lowest BCUT2D eigenvalue weighted by Gasteiger charge is -2.15. The Balaban J connectivity index is 2.37. The Bertz CT molecular complexity index is 549. The van der Waals surface area contributed by atoms with E-state index in [9.17, 15) is 0 Å². The van der Waals surface area contributed by atoms with E-state index in [0.717, 1.165) is 17.1 Å². The number of aryl methyl sites for hydroxylation is 1. The number of anilines is 3. The van der Waals surface area contributed by atoms with Gasteiger partial charge >= 0.3 is 0 Å². The number of nitrogens with zero attached hydrogens (tertiary/aromatic N) is 2. The van der Waals surface area contributed by atoms with Crippen molar-refractivity contribution < 1.29 is 0 Å². The van der Waals surface area contributed by atoms with Gasteiger partial charge in [-0.1, -0.05) is 32.0 Å². The summed E-state index contributed by atoms with van der Waals surface area (Å²) in [6, 6.07) is 8.22. The Kier molecular flexibility index (Phi) is 3.46. The quantitative estimate of drug-likeness (QED) is 0.867. The van der Waals surface area contributed by atoms with Crippen molar-refractivity contribution in [3.05, 3.63) is 41.6 Å². The van der Waals surface area contributed by atoms with Crippen LogP contribution in [0.1, 0.15) is 30.9 Å². The lowest BCUT2D eigenvalue weighted by Crippen LogP contribution is -2.04. The molecule has 18 heavy (non-hydrogen) atoms. The number of benzene rings is 1. The number of hydrogen-bond donors (Lipinski definition) is 2. The minimum absolute atomic E-state index is 0.283. The first-order valence-electron chi connectivity index (χ1n) is 6.03. The second kappa shape index (κ2) is 5.04. The van der Waals surface area contributed by atoms with Crippen LogP contribution in [0, 0.1) is 6.92 Å². The Morgan fingerprint density at radius 2 is 1.94 bits per heavy atom. The van der Waals surface area contributed by atoms with Gasteiger partial charge in [-0.3, -0.25) is 0 Å². The first-order valence-corrected chi connectivity index (χ1v) is 6.03. The van der Waals surface area contributed by atoms with Crippen LogP contribution in [-0.4, -0.2) is 9.97 Å². The number of nitrogens with one attached hydrogen (secondary N) is 1. The number of aromatic nitrogens is 2. The molecule has 4 nitrogen and oxygen atoms in total. The Morgan fingerprint density at radius 3 is 2.67 bits per heavy atom. The molecule has 1 heterocycles. The van der Waals surface area contributed by atoms with E-state index in [2.05, 4.69) is 35.2 Å². The third-order valence-electron chi connectivity index (χ3n) is 2.83. The molecule has 0 fully saturated rings. The standard InChI is InChI=1S/C14H18N4/c1-9(2)11-6-4-5-7-12(11)17-13-10(3)8-16-14(15)18-13/h4-9H,1-3H3,(H3,15,16,17,18). The van der Waals surface area contributed by atoms with E-state index in [4.69, 9.17) is 5.73 Å². The molecule has 1 aromatic heterocycles. The van der Waals surface area contributed by atoms with Crippen molar-refractivity contribution in [3.8, 4) is 0 Å². The summed E-state index contributed by atoms with van der Waals surface area (Å²) in [5, 5.41) is 3.33. The molecule has 2 aromatic rings. The number of rotatable bonds is 3. The molecule has 0 saturated carbocycles. The highest BCUT2D eigenvalue weighted by atomic mass is 15.1. The average molecular weight is 242 g/mol. The highest BCUT2D eigenvalue weighted by Crippen LogP contribution is 2.27. The van der Waals surface area contributed by atoms with Crippen LogP contribution in [0.4, 0.5) is 17.5 Å². The maximum absolute atomic E-state index is 5.62. The van der Waals surface area contributed by atoms with Gasteiger partial charge in [0.15, 0.2) is 0 Å². The van der Waals surface area contributed by atoms with Gasteiger partial charge in [0.05, 0.1) is 0 Å². The SMILES string of the molecule is Cc1cnc(N)nc1Nc1ccccc1C(C)C. The smallest absolute Gasteiger partial charge is 0.221 e. The summed E-state index contributed by atoms with van der Waals surface area (Å²) >= 11 is 0. The van der Waals surface area contributed by atoms with Gasteiger partial charge in [-0.15, -0.1) is 0 Å². The van der Waals surface area contributed by atoms with Crippen LogP contribution in [0.25, 0.3) is 0 Å². The van der Waals surface area contributed by atoms with Crippen molar-refractivity contribution in [1.82, 2.24) is 9.97 Å². The van der Waals surface area contributed by atoms with Crippen molar-refractivity contribution in [2.24, 2.45) is 0 Å². The average Bonchev–Trinajstić information content (AvgIpc) is 2.34. The maximum atomic E-state index is 5.62. The molecule has 1 aromatic carbocycles. The predicted molar refractivity (Wildman–Crippen MR) is 75.0 cm³/mol. The molecule has 2 rings (SSSR count). The first kappa shape index (κ1) is 12.4. The van der Waals surface area contributed by atoms with E-state index in [1.807, 2.05) is 25.1 Å². The van der Waals surface area contributed by atoms with Crippen LogP contribution in [0.5, 0.6) is 0 Å². The van der Waals surface area contributed by atoms with Gasteiger partial charge in [0.1, 0.15) is 5.82 Å². The predicted octanol–water partition coefficient (Wildman–Crippen LogP) is 3.23. The van der Waals surface area contributed by atoms with E-state index < -0.39 is 0 Å². The maximum Gasteiger partial charge on any atom is 0.221 e. The minimum atomic E-state index is 0.283. The van der Waals surface area contributed by atoms with E-state index in [0.29, 0.717) is 5.92 Å². The van der Waals surface area contributed by atoms with Gasteiger partial charge < -0.3 is 11.1 Å². The lowest BCUT2D eigenvalue weighted by molar-refractivity contribution is 0.868. The monoisotopic (exact) mass is 242 g/mol. The zero-order chi connectivity index (χ0) is 13.1. The molecular weight excluding hydrogens is 224 g/mol. The molecule has 0 spiro atoms. The molecule has 3 N–H and O–H groups in total. The topological polar surface area (TPSA) is 63.8 Å². The van der Waals surface area contributed by atoms with Gasteiger partial charge in [-0.25, -0.2) is 4.98 Å². The first-order chi connectivity index (χ1) is 8.58. The van der Waals surface area contributed by atoms with E-state index >= 15 is 0 Å². The summed E-state index contributed by atoms with van der Waals surface area (Å²) < 4.78 is 0. The second-order valence-corrected chi connectivity index (χ2v) is 4.63. The molecule has 0 atom stereocenters. The molecule has 0 saturated heterocycles. The molecule has 0 aliphatic heterocycles. The largest absolute Gasteiger partial charge is 0.368 e. The van der Waals surface area contributed by atoms with Crippen LogP contribution >= 0.6 is 0 Å². The fraction of sp³-hybridized carbons (Fsp3) is 0.286. The normalized spacial score (nSPS) is 10.7. The summed E-state index contributed by atoms with van der Waals surface area (Å²) in [6.07, 6.45) is 1.72. The third-order valence-corrected chi connectivity index (χ3v) is 2.83. The van der Waals surface area contributed by atoms with Gasteiger partial charge in [0.2, 0.25) is 5.95 Å². The Hall–Kier alpha value is -2.10. The number of nitrogen functional groups attached to an aromatic ring is 1. The van der Waals surface area contributed by atoms with Gasteiger partial charge in [-0.2, -0.15) is 4.98 Å². The van der Waals surface area contributed by atoms with Crippen LogP contribution in [-0.2, 0) is 0 Å². The van der Waals surface area contributed by atoms with Crippen LogP contribution < -0.4 is 11.1 Å².